The number of rotatable bonds is 2. The normalized spacial score (nSPS) is 17.9. The average molecular weight is 270 g/mol. The Balaban J connectivity index is 2.58. The van der Waals surface area contributed by atoms with Gasteiger partial charge in [-0.2, -0.15) is 0 Å². The summed E-state index contributed by atoms with van der Waals surface area (Å²) in [6, 6.07) is 3.07. The molecule has 0 saturated heterocycles. The summed E-state index contributed by atoms with van der Waals surface area (Å²) in [5.74, 6) is 2.07. The largest absolute Gasteiger partial charge is 0.340 e. The van der Waals surface area contributed by atoms with E-state index in [1.165, 1.54) is 0 Å². The van der Waals surface area contributed by atoms with Crippen molar-refractivity contribution in [2.24, 2.45) is 5.92 Å². The summed E-state index contributed by atoms with van der Waals surface area (Å²) < 4.78 is 0. The fraction of sp³-hybridized carbons (Fsp3) is 0.375. The maximum absolute atomic E-state index is 12.3. The number of hydrogen-bond acceptors (Lipinski definition) is 2. The number of terminal acetylenes is 1. The lowest BCUT2D eigenvalue weighted by Gasteiger charge is -2.17. The minimum Gasteiger partial charge on any atom is -0.340 e. The average Bonchev–Trinajstić information content (AvgIpc) is 2.55. The molecule has 1 aliphatic rings. The van der Waals surface area contributed by atoms with E-state index in [-0.39, 0.29) is 17.7 Å². The molecule has 1 aliphatic heterocycles. The van der Waals surface area contributed by atoms with Gasteiger partial charge in [0, 0.05) is 5.56 Å². The zero-order chi connectivity index (χ0) is 14.9. The van der Waals surface area contributed by atoms with Crippen LogP contribution in [0.4, 0.5) is 5.69 Å². The Bertz CT molecular complexity index is 612. The van der Waals surface area contributed by atoms with Gasteiger partial charge in [-0.3, -0.25) is 9.59 Å². The molecule has 20 heavy (non-hydrogen) atoms. The van der Waals surface area contributed by atoms with Gasteiger partial charge in [0.25, 0.3) is 5.91 Å². The van der Waals surface area contributed by atoms with Gasteiger partial charge < -0.3 is 10.6 Å². The highest BCUT2D eigenvalue weighted by Gasteiger charge is 2.31. The van der Waals surface area contributed by atoms with Gasteiger partial charge in [-0.05, 0) is 30.0 Å². The second-order valence-electron chi connectivity index (χ2n) is 5.25. The van der Waals surface area contributed by atoms with E-state index in [4.69, 9.17) is 6.42 Å². The molecule has 2 N–H and O–H groups in total. The van der Waals surface area contributed by atoms with Gasteiger partial charge in [-0.1, -0.05) is 26.7 Å². The molecular formula is C16H18N2O2. The van der Waals surface area contributed by atoms with Crippen LogP contribution in [0.2, 0.25) is 0 Å². The molecule has 4 heteroatoms. The zero-order valence-corrected chi connectivity index (χ0v) is 11.9. The van der Waals surface area contributed by atoms with Gasteiger partial charge in [0.2, 0.25) is 5.91 Å². The number of carbonyl (C=O) groups excluding carboxylic acids is 2. The van der Waals surface area contributed by atoms with Crippen molar-refractivity contribution in [2.45, 2.75) is 33.2 Å². The van der Waals surface area contributed by atoms with E-state index >= 15 is 0 Å². The van der Waals surface area contributed by atoms with Gasteiger partial charge in [0.05, 0.1) is 11.3 Å². The number of anilines is 1. The van der Waals surface area contributed by atoms with E-state index in [2.05, 4.69) is 16.6 Å². The predicted octanol–water partition coefficient (Wildman–Crippen LogP) is 1.94. The molecule has 2 amide bonds. The smallest absolute Gasteiger partial charge is 0.254 e. The van der Waals surface area contributed by atoms with Crippen LogP contribution >= 0.6 is 0 Å². The van der Waals surface area contributed by atoms with Gasteiger partial charge in [0.1, 0.15) is 6.04 Å². The van der Waals surface area contributed by atoms with E-state index in [1.807, 2.05) is 26.8 Å². The number of carbonyl (C=O) groups is 2. The molecule has 0 aromatic heterocycles. The van der Waals surface area contributed by atoms with Crippen molar-refractivity contribution in [3.05, 3.63) is 28.8 Å². The van der Waals surface area contributed by atoms with Crippen molar-refractivity contribution in [1.29, 1.82) is 0 Å². The van der Waals surface area contributed by atoms with Crippen LogP contribution in [-0.2, 0) is 11.2 Å². The van der Waals surface area contributed by atoms with Crippen molar-refractivity contribution < 1.29 is 9.59 Å². The Kier molecular flexibility index (Phi) is 3.80. The van der Waals surface area contributed by atoms with Crippen molar-refractivity contribution in [1.82, 2.24) is 5.32 Å². The van der Waals surface area contributed by atoms with Crippen molar-refractivity contribution in [2.75, 3.05) is 5.32 Å². The summed E-state index contributed by atoms with van der Waals surface area (Å²) in [5.41, 5.74) is 2.40. The molecule has 1 aromatic rings. The van der Waals surface area contributed by atoms with E-state index in [0.29, 0.717) is 16.8 Å². The highest BCUT2D eigenvalue weighted by Crippen LogP contribution is 2.26. The molecule has 0 aliphatic carbocycles. The van der Waals surface area contributed by atoms with Gasteiger partial charge in [-0.15, -0.1) is 6.42 Å². The Labute approximate surface area is 118 Å². The van der Waals surface area contributed by atoms with E-state index in [0.717, 1.165) is 12.0 Å². The number of nitrogens with one attached hydrogen (secondary N) is 2. The molecule has 0 spiro atoms. The lowest BCUT2D eigenvalue weighted by molar-refractivity contribution is -0.118. The van der Waals surface area contributed by atoms with Crippen LogP contribution in [0.15, 0.2) is 12.1 Å². The summed E-state index contributed by atoms with van der Waals surface area (Å²) in [5, 5.41) is 5.56. The summed E-state index contributed by atoms with van der Waals surface area (Å²) in [6.45, 7) is 5.77. The fourth-order valence-corrected chi connectivity index (χ4v) is 2.29. The Hall–Kier alpha value is -2.28. The number of aryl methyl sites for hydroxylation is 1. The third-order valence-corrected chi connectivity index (χ3v) is 3.49. The SMILES string of the molecule is C#Cc1cc(CC)cc2c1NC(=O)C(C(C)C)NC2=O. The van der Waals surface area contributed by atoms with Crippen molar-refractivity contribution in [3.8, 4) is 12.3 Å². The molecule has 0 fully saturated rings. The molecule has 0 bridgehead atoms. The van der Waals surface area contributed by atoms with Crippen LogP contribution in [-0.4, -0.2) is 17.9 Å². The molecule has 1 unspecified atom stereocenters. The summed E-state index contributed by atoms with van der Waals surface area (Å²) in [6.07, 6.45) is 6.28. The fourth-order valence-electron chi connectivity index (χ4n) is 2.29. The molecule has 1 aromatic carbocycles. The molecule has 0 radical (unpaired) electrons. The van der Waals surface area contributed by atoms with Crippen molar-refractivity contribution >= 4 is 17.5 Å². The summed E-state index contributed by atoms with van der Waals surface area (Å²) in [7, 11) is 0. The number of amides is 2. The number of benzene rings is 1. The topological polar surface area (TPSA) is 58.2 Å². The van der Waals surface area contributed by atoms with Gasteiger partial charge in [-0.25, -0.2) is 0 Å². The van der Waals surface area contributed by atoms with Crippen LogP contribution in [0.3, 0.4) is 0 Å². The highest BCUT2D eigenvalue weighted by atomic mass is 16.2. The summed E-state index contributed by atoms with van der Waals surface area (Å²) >= 11 is 0. The van der Waals surface area contributed by atoms with E-state index in [1.54, 1.807) is 6.07 Å². The first kappa shape index (κ1) is 14.1. The minimum absolute atomic E-state index is 0.00759. The van der Waals surface area contributed by atoms with Crippen LogP contribution < -0.4 is 10.6 Å². The van der Waals surface area contributed by atoms with Crippen LogP contribution in [0.1, 0.15) is 42.3 Å². The molecule has 1 atom stereocenters. The first-order valence-electron chi connectivity index (χ1n) is 6.73. The molecule has 1 heterocycles. The Morgan fingerprint density at radius 2 is 2.05 bits per heavy atom. The quantitative estimate of drug-likeness (QED) is 0.807. The highest BCUT2D eigenvalue weighted by molar-refractivity contribution is 6.11. The third-order valence-electron chi connectivity index (χ3n) is 3.49. The van der Waals surface area contributed by atoms with Crippen LogP contribution in [0.25, 0.3) is 0 Å². The Morgan fingerprint density at radius 1 is 1.35 bits per heavy atom. The maximum Gasteiger partial charge on any atom is 0.254 e. The number of hydrogen-bond donors (Lipinski definition) is 2. The lowest BCUT2D eigenvalue weighted by atomic mass is 10.0. The lowest BCUT2D eigenvalue weighted by Crippen LogP contribution is -2.44. The third kappa shape index (κ3) is 2.39. The first-order chi connectivity index (χ1) is 9.47. The standard InChI is InChI=1S/C16H18N2O2/c1-5-10-7-11(6-2)14-12(8-10)15(19)17-13(9(3)4)16(20)18-14/h2,7-9,13H,5H2,1,3-4H3,(H,17,19)(H,18,20). The molecule has 4 nitrogen and oxygen atoms in total. The molecular weight excluding hydrogens is 252 g/mol. The predicted molar refractivity (Wildman–Crippen MR) is 78.5 cm³/mol. The van der Waals surface area contributed by atoms with Gasteiger partial charge in [0.15, 0.2) is 0 Å². The number of fused-ring (bicyclic) bond motifs is 1. The molecule has 2 rings (SSSR count). The minimum atomic E-state index is -0.550. The van der Waals surface area contributed by atoms with Crippen molar-refractivity contribution in [3.63, 3.8) is 0 Å². The van der Waals surface area contributed by atoms with E-state index < -0.39 is 6.04 Å². The summed E-state index contributed by atoms with van der Waals surface area (Å²) in [4.78, 5) is 24.5. The maximum atomic E-state index is 12.3. The zero-order valence-electron chi connectivity index (χ0n) is 11.9. The second-order valence-corrected chi connectivity index (χ2v) is 5.25. The van der Waals surface area contributed by atoms with Gasteiger partial charge >= 0.3 is 0 Å². The van der Waals surface area contributed by atoms with Crippen LogP contribution in [0.5, 0.6) is 0 Å². The Morgan fingerprint density at radius 3 is 2.60 bits per heavy atom. The first-order valence-corrected chi connectivity index (χ1v) is 6.73. The van der Waals surface area contributed by atoms with Crippen LogP contribution in [0, 0.1) is 18.3 Å². The molecule has 104 valence electrons. The monoisotopic (exact) mass is 270 g/mol. The molecule has 0 saturated carbocycles. The second kappa shape index (κ2) is 5.38. The van der Waals surface area contributed by atoms with E-state index in [9.17, 15) is 9.59 Å².